The Morgan fingerprint density at radius 2 is 1.62 bits per heavy atom. The van der Waals surface area contributed by atoms with Crippen molar-refractivity contribution >= 4 is 0 Å². The Bertz CT molecular complexity index is 807. The molecule has 5 fully saturated rings. The maximum atomic E-state index is 10.9. The van der Waals surface area contributed by atoms with E-state index in [0.717, 1.165) is 30.1 Å². The number of allylic oxidation sites excluding steroid dienone is 3. The zero-order chi connectivity index (χ0) is 23.2. The van der Waals surface area contributed by atoms with Gasteiger partial charge in [0.2, 0.25) is 0 Å². The number of hydrogen-bond acceptors (Lipinski definition) is 1. The molecule has 0 heterocycles. The van der Waals surface area contributed by atoms with Crippen molar-refractivity contribution in [2.75, 3.05) is 0 Å². The smallest absolute Gasteiger partial charge is 0.0594 e. The van der Waals surface area contributed by atoms with Gasteiger partial charge in [0, 0.05) is 0 Å². The van der Waals surface area contributed by atoms with Crippen LogP contribution in [0.3, 0.4) is 0 Å². The molecule has 0 amide bonds. The lowest BCUT2D eigenvalue weighted by Gasteiger charge is -2.63. The second kappa shape index (κ2) is 7.22. The molecular weight excluding hydrogens is 388 g/mol. The van der Waals surface area contributed by atoms with Crippen LogP contribution in [0.2, 0.25) is 0 Å². The van der Waals surface area contributed by atoms with Gasteiger partial charge in [0.15, 0.2) is 0 Å². The molecule has 7 unspecified atom stereocenters. The van der Waals surface area contributed by atoms with Crippen molar-refractivity contribution < 1.29 is 5.11 Å². The summed E-state index contributed by atoms with van der Waals surface area (Å²) in [6.45, 7) is 18.9. The van der Waals surface area contributed by atoms with Crippen LogP contribution in [0.1, 0.15) is 112 Å². The summed E-state index contributed by atoms with van der Waals surface area (Å²) in [5.74, 6) is 3.38. The summed E-state index contributed by atoms with van der Waals surface area (Å²) in [5, 5.41) is 10.9. The summed E-state index contributed by atoms with van der Waals surface area (Å²) in [4.78, 5) is 0. The van der Waals surface area contributed by atoms with Crippen LogP contribution in [0.4, 0.5) is 0 Å². The lowest BCUT2D eigenvalue weighted by Crippen LogP contribution is -2.57. The third kappa shape index (κ3) is 2.73. The number of rotatable bonds is 5. The number of aliphatic hydroxyl groups excluding tert-OH is 1. The zero-order valence-electron chi connectivity index (χ0n) is 22.0. The second-order valence-electron chi connectivity index (χ2n) is 14.2. The highest BCUT2D eigenvalue weighted by Gasteiger charge is 2.82. The van der Waals surface area contributed by atoms with Gasteiger partial charge in [-0.2, -0.15) is 0 Å². The minimum atomic E-state index is -0.0905. The Morgan fingerprint density at radius 1 is 0.938 bits per heavy atom. The maximum Gasteiger partial charge on any atom is 0.0594 e. The highest BCUT2D eigenvalue weighted by molar-refractivity contribution is 5.30. The minimum absolute atomic E-state index is 0.0905. The molecule has 1 nitrogen and oxygen atoms in total. The molecule has 180 valence electrons. The standard InChI is InChI=1S/C31H50O/c1-8-21(2)10-9-11-22(3)23-14-16-29(7)25-13-12-24-27(4,5)26(32)15-17-30(24)20-31(25,30)19-18-28(23,29)6/h8,10,22-26,32H,1,9,11-20H2,2-7H3/b21-10+/t22-,23?,24?,25?,26?,28?,29+,30?,31?/m1/s1. The lowest BCUT2D eigenvalue weighted by molar-refractivity contribution is -0.161. The largest absolute Gasteiger partial charge is 0.393 e. The van der Waals surface area contributed by atoms with Gasteiger partial charge in [0.1, 0.15) is 0 Å². The molecule has 32 heavy (non-hydrogen) atoms. The first-order chi connectivity index (χ1) is 15.0. The van der Waals surface area contributed by atoms with E-state index in [1.54, 1.807) is 0 Å². The molecule has 0 saturated heterocycles. The zero-order valence-corrected chi connectivity index (χ0v) is 22.0. The molecule has 9 atom stereocenters. The lowest BCUT2D eigenvalue weighted by atomic mass is 9.41. The van der Waals surface area contributed by atoms with E-state index in [4.69, 9.17) is 0 Å². The topological polar surface area (TPSA) is 20.2 Å². The molecule has 0 aromatic heterocycles. The monoisotopic (exact) mass is 438 g/mol. The molecule has 0 bridgehead atoms. The van der Waals surface area contributed by atoms with E-state index in [2.05, 4.69) is 54.2 Å². The SMILES string of the molecule is C=C/C(C)=C/CC[C@@H](C)C1CC[C@@]2(C)C3CCC4C(C)(C)C(O)CCC45CC35CCC12C. The second-order valence-corrected chi connectivity index (χ2v) is 14.2. The first-order valence-electron chi connectivity index (χ1n) is 14.0. The molecule has 2 spiro atoms. The van der Waals surface area contributed by atoms with Crippen molar-refractivity contribution in [3.05, 3.63) is 24.3 Å². The normalized spacial score (nSPS) is 52.3. The van der Waals surface area contributed by atoms with E-state index >= 15 is 0 Å². The van der Waals surface area contributed by atoms with Gasteiger partial charge in [-0.15, -0.1) is 0 Å². The van der Waals surface area contributed by atoms with Gasteiger partial charge in [0.25, 0.3) is 0 Å². The van der Waals surface area contributed by atoms with E-state index in [1.807, 2.05) is 6.08 Å². The quantitative estimate of drug-likeness (QED) is 0.428. The van der Waals surface area contributed by atoms with Crippen molar-refractivity contribution in [1.82, 2.24) is 0 Å². The molecule has 1 N–H and O–H groups in total. The summed E-state index contributed by atoms with van der Waals surface area (Å²) in [7, 11) is 0. The fourth-order valence-electron chi connectivity index (χ4n) is 11.2. The Balaban J connectivity index is 1.39. The van der Waals surface area contributed by atoms with Crippen molar-refractivity contribution in [3.8, 4) is 0 Å². The maximum absolute atomic E-state index is 10.9. The summed E-state index contributed by atoms with van der Waals surface area (Å²) in [5.41, 5.74) is 3.66. The molecule has 1 heteroatoms. The molecule has 5 saturated carbocycles. The van der Waals surface area contributed by atoms with Crippen molar-refractivity contribution in [2.45, 2.75) is 118 Å². The van der Waals surface area contributed by atoms with Gasteiger partial charge in [-0.25, -0.2) is 0 Å². The van der Waals surface area contributed by atoms with Gasteiger partial charge < -0.3 is 5.11 Å². The van der Waals surface area contributed by atoms with Crippen LogP contribution in [-0.4, -0.2) is 11.2 Å². The van der Waals surface area contributed by atoms with Crippen LogP contribution in [-0.2, 0) is 0 Å². The molecular formula is C31H50O. The van der Waals surface area contributed by atoms with Gasteiger partial charge in [0.05, 0.1) is 6.10 Å². The van der Waals surface area contributed by atoms with Crippen molar-refractivity contribution in [2.24, 2.45) is 50.7 Å². The Kier molecular flexibility index (Phi) is 5.23. The Morgan fingerprint density at radius 3 is 2.34 bits per heavy atom. The van der Waals surface area contributed by atoms with Gasteiger partial charge in [-0.3, -0.25) is 0 Å². The molecule has 0 aromatic rings. The van der Waals surface area contributed by atoms with E-state index < -0.39 is 0 Å². The van der Waals surface area contributed by atoms with Crippen molar-refractivity contribution in [3.63, 3.8) is 0 Å². The summed E-state index contributed by atoms with van der Waals surface area (Å²) >= 11 is 0. The van der Waals surface area contributed by atoms with Crippen molar-refractivity contribution in [1.29, 1.82) is 0 Å². The Hall–Kier alpha value is -0.560. The highest BCUT2D eigenvalue weighted by Crippen LogP contribution is 2.89. The van der Waals surface area contributed by atoms with Crippen LogP contribution in [0.25, 0.3) is 0 Å². The average Bonchev–Trinajstić information content (AvgIpc) is 3.33. The number of hydrogen-bond donors (Lipinski definition) is 1. The first kappa shape index (κ1) is 23.2. The number of fused-ring (bicyclic) bond motifs is 2. The Labute approximate surface area is 198 Å². The molecule has 0 aromatic carbocycles. The van der Waals surface area contributed by atoms with E-state index in [-0.39, 0.29) is 11.5 Å². The fraction of sp³-hybridized carbons (Fsp3) is 0.871. The molecule has 5 aliphatic carbocycles. The molecule has 5 aliphatic rings. The number of aliphatic hydroxyl groups is 1. The fourth-order valence-corrected chi connectivity index (χ4v) is 11.2. The highest BCUT2D eigenvalue weighted by atomic mass is 16.3. The predicted molar refractivity (Wildman–Crippen MR) is 135 cm³/mol. The van der Waals surface area contributed by atoms with Crippen LogP contribution in [0.5, 0.6) is 0 Å². The van der Waals surface area contributed by atoms with Crippen LogP contribution < -0.4 is 0 Å². The summed E-state index contributed by atoms with van der Waals surface area (Å²) in [6, 6.07) is 0. The molecule has 0 aliphatic heterocycles. The van der Waals surface area contributed by atoms with Gasteiger partial charge in [-0.05, 0) is 128 Å². The van der Waals surface area contributed by atoms with Gasteiger partial charge in [-0.1, -0.05) is 58.9 Å². The van der Waals surface area contributed by atoms with Crippen LogP contribution in [0.15, 0.2) is 24.3 Å². The van der Waals surface area contributed by atoms with Crippen LogP contribution >= 0.6 is 0 Å². The third-order valence-electron chi connectivity index (χ3n) is 13.3. The van der Waals surface area contributed by atoms with Crippen LogP contribution in [0, 0.1) is 50.7 Å². The molecule has 5 rings (SSSR count). The van der Waals surface area contributed by atoms with E-state index in [9.17, 15) is 5.11 Å². The average molecular weight is 439 g/mol. The third-order valence-corrected chi connectivity index (χ3v) is 13.3. The predicted octanol–water partition coefficient (Wildman–Crippen LogP) is 8.34. The van der Waals surface area contributed by atoms with E-state index in [1.165, 1.54) is 69.8 Å². The van der Waals surface area contributed by atoms with E-state index in [0.29, 0.717) is 21.7 Å². The summed E-state index contributed by atoms with van der Waals surface area (Å²) in [6.07, 6.45) is 19.3. The van der Waals surface area contributed by atoms with Gasteiger partial charge >= 0.3 is 0 Å². The first-order valence-corrected chi connectivity index (χ1v) is 14.0. The minimum Gasteiger partial charge on any atom is -0.393 e. The molecule has 0 radical (unpaired) electrons. The summed E-state index contributed by atoms with van der Waals surface area (Å²) < 4.78 is 0.